The van der Waals surface area contributed by atoms with Gasteiger partial charge in [-0.2, -0.15) is 0 Å². The first-order chi connectivity index (χ1) is 3.31. The summed E-state index contributed by atoms with van der Waals surface area (Å²) >= 11 is 7.90. The summed E-state index contributed by atoms with van der Waals surface area (Å²) in [5.41, 5.74) is 0. The summed E-state index contributed by atoms with van der Waals surface area (Å²) in [6.07, 6.45) is 2.50. The fourth-order valence-corrected chi connectivity index (χ4v) is 1.17. The number of halogens is 2. The number of rotatable bonds is 3. The Balaban J connectivity index is 2.83. The average Bonchev–Trinajstić information content (AvgIpc) is 1.68. The van der Waals surface area contributed by atoms with Crippen LogP contribution in [0.1, 0.15) is 19.8 Å². The highest BCUT2D eigenvalue weighted by Gasteiger charge is 1.96. The van der Waals surface area contributed by atoms with Gasteiger partial charge in [-0.05, 0) is 6.42 Å². The fraction of sp³-hybridized carbons (Fsp3) is 1.00. The van der Waals surface area contributed by atoms with Crippen molar-refractivity contribution in [3.8, 4) is 0 Å². The fourth-order valence-electron chi connectivity index (χ4n) is 0.390. The van der Waals surface area contributed by atoms with E-state index in [1.807, 2.05) is 0 Å². The lowest BCUT2D eigenvalue weighted by atomic mass is 10.3. The van der Waals surface area contributed by atoms with Crippen molar-refractivity contribution in [3.63, 3.8) is 0 Å². The third-order valence-electron chi connectivity index (χ3n) is 0.769. The first-order valence-electron chi connectivity index (χ1n) is 2.51. The van der Waals surface area contributed by atoms with E-state index < -0.39 is 0 Å². The predicted octanol–water partition coefficient (Wildman–Crippen LogP) is 2.83. The monoisotopic (exact) mass is 232 g/mol. The largest absolute Gasteiger partial charge is 0.126 e. The van der Waals surface area contributed by atoms with Crippen LogP contribution in [0.2, 0.25) is 0 Å². The maximum Gasteiger partial charge on any atom is 0.0341 e. The molecule has 0 aromatic heterocycles. The maximum atomic E-state index is 5.52. The zero-order valence-electron chi connectivity index (χ0n) is 4.45. The molecule has 0 aliphatic carbocycles. The molecule has 7 heavy (non-hydrogen) atoms. The highest BCUT2D eigenvalue weighted by molar-refractivity contribution is 14.1. The molecule has 0 bridgehead atoms. The van der Waals surface area contributed by atoms with Crippen molar-refractivity contribution < 1.29 is 0 Å². The van der Waals surface area contributed by atoms with Gasteiger partial charge in [0.25, 0.3) is 0 Å². The SMILES string of the molecule is CCCC(I)CCl. The minimum absolute atomic E-state index is 0.685. The Morgan fingerprint density at radius 3 is 2.43 bits per heavy atom. The van der Waals surface area contributed by atoms with Crippen LogP contribution in [0.15, 0.2) is 0 Å². The van der Waals surface area contributed by atoms with Crippen LogP contribution in [0.25, 0.3) is 0 Å². The molecule has 0 radical (unpaired) electrons. The maximum absolute atomic E-state index is 5.52. The summed E-state index contributed by atoms with van der Waals surface area (Å²) in [5, 5.41) is 0. The predicted molar refractivity (Wildman–Crippen MR) is 43.4 cm³/mol. The van der Waals surface area contributed by atoms with Gasteiger partial charge in [-0.25, -0.2) is 0 Å². The minimum atomic E-state index is 0.685. The van der Waals surface area contributed by atoms with Crippen LogP contribution in [0.5, 0.6) is 0 Å². The molecule has 0 aromatic carbocycles. The smallest absolute Gasteiger partial charge is 0.0341 e. The van der Waals surface area contributed by atoms with Gasteiger partial charge in [-0.1, -0.05) is 35.9 Å². The zero-order valence-corrected chi connectivity index (χ0v) is 7.37. The molecule has 0 saturated carbocycles. The van der Waals surface area contributed by atoms with E-state index in [4.69, 9.17) is 11.6 Å². The minimum Gasteiger partial charge on any atom is -0.126 e. The molecule has 1 unspecified atom stereocenters. The van der Waals surface area contributed by atoms with Crippen molar-refractivity contribution in [2.45, 2.75) is 23.7 Å². The van der Waals surface area contributed by atoms with Crippen molar-refractivity contribution in [2.75, 3.05) is 5.88 Å². The summed E-state index contributed by atoms with van der Waals surface area (Å²) < 4.78 is 0.685. The molecule has 0 fully saturated rings. The molecule has 0 amide bonds. The van der Waals surface area contributed by atoms with Gasteiger partial charge in [0.15, 0.2) is 0 Å². The summed E-state index contributed by atoms with van der Waals surface area (Å²) in [7, 11) is 0. The van der Waals surface area contributed by atoms with Crippen molar-refractivity contribution >= 4 is 34.2 Å². The molecular weight excluding hydrogens is 222 g/mol. The molecule has 0 spiro atoms. The first kappa shape index (κ1) is 8.02. The molecule has 0 aliphatic rings. The van der Waals surface area contributed by atoms with E-state index in [0.29, 0.717) is 3.92 Å². The highest BCUT2D eigenvalue weighted by atomic mass is 127. The molecule has 44 valence electrons. The molecule has 2 heteroatoms. The first-order valence-corrected chi connectivity index (χ1v) is 4.29. The second-order valence-electron chi connectivity index (χ2n) is 1.54. The van der Waals surface area contributed by atoms with E-state index in [-0.39, 0.29) is 0 Å². The second-order valence-corrected chi connectivity index (χ2v) is 3.61. The van der Waals surface area contributed by atoms with Crippen LogP contribution in [0, 0.1) is 0 Å². The zero-order chi connectivity index (χ0) is 5.70. The lowest BCUT2D eigenvalue weighted by molar-refractivity contribution is 0.811. The third kappa shape index (κ3) is 4.88. The molecule has 1 atom stereocenters. The van der Waals surface area contributed by atoms with Crippen molar-refractivity contribution in [3.05, 3.63) is 0 Å². The topological polar surface area (TPSA) is 0 Å². The normalized spacial score (nSPS) is 14.1. The van der Waals surface area contributed by atoms with Crippen molar-refractivity contribution in [1.82, 2.24) is 0 Å². The molecule has 0 N–H and O–H groups in total. The summed E-state index contributed by atoms with van der Waals surface area (Å²) in [6.45, 7) is 2.18. The third-order valence-corrected chi connectivity index (χ3v) is 2.73. The van der Waals surface area contributed by atoms with E-state index in [1.165, 1.54) is 12.8 Å². The van der Waals surface area contributed by atoms with Gasteiger partial charge in [-0.15, -0.1) is 11.6 Å². The standard InChI is InChI=1S/C5H10ClI/c1-2-3-5(7)4-6/h5H,2-4H2,1H3. The van der Waals surface area contributed by atoms with Crippen LogP contribution in [0.3, 0.4) is 0 Å². The molecule has 0 saturated heterocycles. The van der Waals surface area contributed by atoms with Gasteiger partial charge in [0.05, 0.1) is 0 Å². The summed E-state index contributed by atoms with van der Waals surface area (Å²) in [5.74, 6) is 0.800. The lowest BCUT2D eigenvalue weighted by Crippen LogP contribution is -1.96. The average molecular weight is 232 g/mol. The van der Waals surface area contributed by atoms with E-state index in [2.05, 4.69) is 29.5 Å². The molecule has 0 rings (SSSR count). The van der Waals surface area contributed by atoms with Gasteiger partial charge in [0.1, 0.15) is 0 Å². The van der Waals surface area contributed by atoms with Gasteiger partial charge in [0.2, 0.25) is 0 Å². The van der Waals surface area contributed by atoms with Crippen LogP contribution < -0.4 is 0 Å². The van der Waals surface area contributed by atoms with Gasteiger partial charge >= 0.3 is 0 Å². The van der Waals surface area contributed by atoms with Crippen LogP contribution in [-0.2, 0) is 0 Å². The Morgan fingerprint density at radius 1 is 1.71 bits per heavy atom. The number of alkyl halides is 2. The highest BCUT2D eigenvalue weighted by Crippen LogP contribution is 2.08. The molecule has 0 aromatic rings. The van der Waals surface area contributed by atoms with Crippen molar-refractivity contribution in [2.24, 2.45) is 0 Å². The summed E-state index contributed by atoms with van der Waals surface area (Å²) in [4.78, 5) is 0. The van der Waals surface area contributed by atoms with Crippen molar-refractivity contribution in [1.29, 1.82) is 0 Å². The Bertz CT molecular complexity index is 39.1. The van der Waals surface area contributed by atoms with E-state index in [1.54, 1.807) is 0 Å². The molecule has 0 aliphatic heterocycles. The Hall–Kier alpha value is 1.02. The second kappa shape index (κ2) is 5.16. The molecule has 0 nitrogen and oxygen atoms in total. The number of hydrogen-bond acceptors (Lipinski definition) is 0. The van der Waals surface area contributed by atoms with Gasteiger partial charge in [-0.3, -0.25) is 0 Å². The molecular formula is C5H10ClI. The molecule has 0 heterocycles. The van der Waals surface area contributed by atoms with E-state index >= 15 is 0 Å². The summed E-state index contributed by atoms with van der Waals surface area (Å²) in [6, 6.07) is 0. The lowest BCUT2D eigenvalue weighted by Gasteiger charge is -1.98. The van der Waals surface area contributed by atoms with Crippen LogP contribution >= 0.6 is 34.2 Å². The van der Waals surface area contributed by atoms with E-state index in [0.717, 1.165) is 5.88 Å². The Labute approximate surface area is 63.8 Å². The van der Waals surface area contributed by atoms with Gasteiger partial charge < -0.3 is 0 Å². The van der Waals surface area contributed by atoms with Gasteiger partial charge in [0, 0.05) is 9.80 Å². The Kier molecular flexibility index (Phi) is 5.91. The Morgan fingerprint density at radius 2 is 2.29 bits per heavy atom. The number of hydrogen-bond donors (Lipinski definition) is 0. The van der Waals surface area contributed by atoms with Crippen LogP contribution in [0.4, 0.5) is 0 Å². The van der Waals surface area contributed by atoms with Crippen LogP contribution in [-0.4, -0.2) is 9.80 Å². The van der Waals surface area contributed by atoms with E-state index in [9.17, 15) is 0 Å². The quantitative estimate of drug-likeness (QED) is 0.518.